The van der Waals surface area contributed by atoms with E-state index in [0.717, 1.165) is 23.3 Å². The maximum absolute atomic E-state index is 12.8. The van der Waals surface area contributed by atoms with Crippen LogP contribution >= 0.6 is 12.2 Å². The molecular weight excluding hydrogens is 297 g/mol. The van der Waals surface area contributed by atoms with Crippen molar-refractivity contribution in [3.63, 3.8) is 0 Å². The van der Waals surface area contributed by atoms with E-state index in [1.807, 2.05) is 37.3 Å². The molecule has 0 aliphatic carbocycles. The van der Waals surface area contributed by atoms with Crippen LogP contribution in [0, 0.1) is 5.82 Å². The lowest BCUT2D eigenvalue weighted by Crippen LogP contribution is -2.32. The molecule has 2 aromatic rings. The van der Waals surface area contributed by atoms with Gasteiger partial charge in [0.25, 0.3) is 0 Å². The normalized spacial score (nSPS) is 11.1. The van der Waals surface area contributed by atoms with Crippen LogP contribution in [0.2, 0.25) is 0 Å². The molecule has 2 rings (SSSR count). The van der Waals surface area contributed by atoms with Gasteiger partial charge in [0.15, 0.2) is 5.11 Å². The number of nitrogens with zero attached hydrogens (tertiary/aromatic N) is 1. The van der Waals surface area contributed by atoms with E-state index in [4.69, 9.17) is 12.2 Å². The van der Waals surface area contributed by atoms with Crippen LogP contribution in [0.1, 0.15) is 24.5 Å². The molecule has 3 nitrogen and oxygen atoms in total. The fourth-order valence-corrected chi connectivity index (χ4v) is 2.04. The van der Waals surface area contributed by atoms with Gasteiger partial charge in [-0.2, -0.15) is 5.10 Å². The Kier molecular flexibility index (Phi) is 6.03. The van der Waals surface area contributed by atoms with Gasteiger partial charge in [-0.15, -0.1) is 0 Å². The maximum atomic E-state index is 12.8. The molecule has 0 aromatic heterocycles. The average Bonchev–Trinajstić information content (AvgIpc) is 2.56. The van der Waals surface area contributed by atoms with E-state index in [-0.39, 0.29) is 5.82 Å². The molecule has 0 fully saturated rings. The first-order chi connectivity index (χ1) is 10.7. The summed E-state index contributed by atoms with van der Waals surface area (Å²) < 4.78 is 12.8. The Morgan fingerprint density at radius 2 is 1.77 bits per heavy atom. The fourth-order valence-electron chi connectivity index (χ4n) is 1.92. The molecule has 0 spiro atoms. The first-order valence-electron chi connectivity index (χ1n) is 7.09. The van der Waals surface area contributed by atoms with Gasteiger partial charge in [0, 0.05) is 6.54 Å². The molecule has 0 bridgehead atoms. The van der Waals surface area contributed by atoms with Crippen LogP contribution in [-0.4, -0.2) is 10.8 Å². The van der Waals surface area contributed by atoms with E-state index < -0.39 is 0 Å². The first-order valence-corrected chi connectivity index (χ1v) is 7.50. The Morgan fingerprint density at radius 1 is 1.09 bits per heavy atom. The van der Waals surface area contributed by atoms with Gasteiger partial charge in [-0.05, 0) is 41.9 Å². The smallest absolute Gasteiger partial charge is 0.187 e. The third kappa shape index (κ3) is 4.93. The largest absolute Gasteiger partial charge is 0.357 e. The van der Waals surface area contributed by atoms with Crippen LogP contribution in [0.5, 0.6) is 0 Å². The summed E-state index contributed by atoms with van der Waals surface area (Å²) in [5.41, 5.74) is 5.81. The second kappa shape index (κ2) is 8.24. The molecule has 0 aliphatic heterocycles. The zero-order chi connectivity index (χ0) is 15.8. The van der Waals surface area contributed by atoms with E-state index in [1.54, 1.807) is 12.1 Å². The molecule has 0 amide bonds. The molecule has 22 heavy (non-hydrogen) atoms. The van der Waals surface area contributed by atoms with E-state index in [0.29, 0.717) is 11.7 Å². The minimum absolute atomic E-state index is 0.246. The third-order valence-electron chi connectivity index (χ3n) is 3.10. The van der Waals surface area contributed by atoms with Gasteiger partial charge in [0.05, 0.1) is 5.71 Å². The molecule has 0 saturated heterocycles. The standard InChI is InChI=1S/C17H18FN3S/c1-2-16(14-6-4-3-5-7-14)20-21-17(22)19-12-13-8-10-15(18)11-9-13/h3-11H,2,12H2,1H3,(H2,19,21,22)/b20-16-. The number of rotatable bonds is 5. The monoisotopic (exact) mass is 315 g/mol. The summed E-state index contributed by atoms with van der Waals surface area (Å²) in [5.74, 6) is -0.246. The maximum Gasteiger partial charge on any atom is 0.187 e. The van der Waals surface area contributed by atoms with Gasteiger partial charge >= 0.3 is 0 Å². The summed E-state index contributed by atoms with van der Waals surface area (Å²) in [4.78, 5) is 0. The lowest BCUT2D eigenvalue weighted by molar-refractivity contribution is 0.626. The van der Waals surface area contributed by atoms with Gasteiger partial charge in [0.1, 0.15) is 5.82 Å². The minimum atomic E-state index is -0.246. The Bertz CT molecular complexity index is 639. The van der Waals surface area contributed by atoms with Gasteiger partial charge in [-0.3, -0.25) is 5.43 Å². The van der Waals surface area contributed by atoms with Crippen molar-refractivity contribution >= 4 is 23.0 Å². The number of hydrogen-bond donors (Lipinski definition) is 2. The molecule has 0 aliphatic rings. The Labute approximate surface area is 135 Å². The van der Waals surface area contributed by atoms with Gasteiger partial charge < -0.3 is 5.32 Å². The third-order valence-corrected chi connectivity index (χ3v) is 3.34. The van der Waals surface area contributed by atoms with Crippen molar-refractivity contribution < 1.29 is 4.39 Å². The van der Waals surface area contributed by atoms with Gasteiger partial charge in [-0.25, -0.2) is 4.39 Å². The van der Waals surface area contributed by atoms with Gasteiger partial charge in [-0.1, -0.05) is 49.4 Å². The Morgan fingerprint density at radius 3 is 2.41 bits per heavy atom. The van der Waals surface area contributed by atoms with Crippen LogP contribution in [-0.2, 0) is 6.54 Å². The molecule has 114 valence electrons. The number of thiocarbonyl (C=S) groups is 1. The molecular formula is C17H18FN3S. The van der Waals surface area contributed by atoms with Crippen molar-refractivity contribution in [1.82, 2.24) is 10.7 Å². The second-order valence-corrected chi connectivity index (χ2v) is 5.11. The summed E-state index contributed by atoms with van der Waals surface area (Å²) in [7, 11) is 0. The van der Waals surface area contributed by atoms with Crippen LogP contribution < -0.4 is 10.7 Å². The fraction of sp³-hybridized carbons (Fsp3) is 0.176. The van der Waals surface area contributed by atoms with E-state index in [2.05, 4.69) is 15.8 Å². The summed E-state index contributed by atoms with van der Waals surface area (Å²) in [6.07, 6.45) is 0.803. The van der Waals surface area contributed by atoms with Crippen molar-refractivity contribution in [2.45, 2.75) is 19.9 Å². The van der Waals surface area contributed by atoms with E-state index >= 15 is 0 Å². The SMILES string of the molecule is CC/C(=N/NC(=S)NCc1ccc(F)cc1)c1ccccc1. The number of hydrazone groups is 1. The molecule has 2 N–H and O–H groups in total. The van der Waals surface area contributed by atoms with E-state index in [9.17, 15) is 4.39 Å². The van der Waals surface area contributed by atoms with Crippen LogP contribution in [0.3, 0.4) is 0 Å². The average molecular weight is 315 g/mol. The molecule has 2 aromatic carbocycles. The first kappa shape index (κ1) is 16.1. The number of nitrogens with one attached hydrogen (secondary N) is 2. The second-order valence-electron chi connectivity index (χ2n) is 4.70. The van der Waals surface area contributed by atoms with E-state index in [1.165, 1.54) is 12.1 Å². The summed E-state index contributed by atoms with van der Waals surface area (Å²) >= 11 is 5.19. The molecule has 5 heteroatoms. The topological polar surface area (TPSA) is 36.4 Å². The number of benzene rings is 2. The number of halogens is 1. The Balaban J connectivity index is 1.88. The highest BCUT2D eigenvalue weighted by molar-refractivity contribution is 7.80. The molecule has 0 atom stereocenters. The predicted molar refractivity (Wildman–Crippen MR) is 92.2 cm³/mol. The van der Waals surface area contributed by atoms with Crippen LogP contribution in [0.15, 0.2) is 59.7 Å². The van der Waals surface area contributed by atoms with Gasteiger partial charge in [0.2, 0.25) is 0 Å². The van der Waals surface area contributed by atoms with Crippen molar-refractivity contribution in [1.29, 1.82) is 0 Å². The zero-order valence-corrected chi connectivity index (χ0v) is 13.2. The van der Waals surface area contributed by atoms with Crippen molar-refractivity contribution in [2.75, 3.05) is 0 Å². The predicted octanol–water partition coefficient (Wildman–Crippen LogP) is 3.60. The zero-order valence-electron chi connectivity index (χ0n) is 12.3. The lowest BCUT2D eigenvalue weighted by atomic mass is 10.1. The summed E-state index contributed by atoms with van der Waals surface area (Å²) in [5, 5.41) is 7.82. The van der Waals surface area contributed by atoms with Crippen molar-refractivity contribution in [3.8, 4) is 0 Å². The highest BCUT2D eigenvalue weighted by Gasteiger charge is 2.01. The van der Waals surface area contributed by atoms with Crippen molar-refractivity contribution in [3.05, 3.63) is 71.5 Å². The van der Waals surface area contributed by atoms with Crippen molar-refractivity contribution in [2.24, 2.45) is 5.10 Å². The molecule has 0 unspecified atom stereocenters. The quantitative estimate of drug-likeness (QED) is 0.503. The molecule has 0 heterocycles. The summed E-state index contributed by atoms with van der Waals surface area (Å²) in [6, 6.07) is 16.2. The van der Waals surface area contributed by atoms with Crippen LogP contribution in [0.25, 0.3) is 0 Å². The highest BCUT2D eigenvalue weighted by Crippen LogP contribution is 2.04. The highest BCUT2D eigenvalue weighted by atomic mass is 32.1. The molecule has 0 saturated carbocycles. The Hall–Kier alpha value is -2.27. The summed E-state index contributed by atoms with van der Waals surface area (Å²) in [6.45, 7) is 2.57. The van der Waals surface area contributed by atoms with Crippen LogP contribution in [0.4, 0.5) is 4.39 Å². The lowest BCUT2D eigenvalue weighted by Gasteiger charge is -2.09. The number of hydrogen-bond acceptors (Lipinski definition) is 2. The molecule has 0 radical (unpaired) electrons. The minimum Gasteiger partial charge on any atom is -0.357 e.